The molecule has 0 saturated heterocycles. The monoisotopic (exact) mass is 197 g/mol. The molecule has 5 nitrogen and oxygen atoms in total. The van der Waals surface area contributed by atoms with Crippen LogP contribution >= 0.6 is 0 Å². The molecule has 6 heteroatoms. The van der Waals surface area contributed by atoms with Gasteiger partial charge in [-0.1, -0.05) is 0 Å². The minimum atomic E-state index is -1.15. The molecule has 0 fully saturated rings. The van der Waals surface area contributed by atoms with Crippen LogP contribution < -0.4 is 34.9 Å². The van der Waals surface area contributed by atoms with E-state index in [9.17, 15) is 9.59 Å². The van der Waals surface area contributed by atoms with Crippen molar-refractivity contribution >= 4 is 11.9 Å². The average molecular weight is 197 g/mol. The predicted molar refractivity (Wildman–Crippen MR) is 41.6 cm³/mol. The fourth-order valence-electron chi connectivity index (χ4n) is 0.791. The van der Waals surface area contributed by atoms with Gasteiger partial charge in [-0.05, 0) is 7.05 Å². The summed E-state index contributed by atoms with van der Waals surface area (Å²) in [4.78, 5) is 20.7. The second-order valence-corrected chi connectivity index (χ2v) is 2.44. The molecule has 0 saturated carbocycles. The molecule has 0 aromatic rings. The molecule has 0 aromatic carbocycles. The van der Waals surface area contributed by atoms with E-state index >= 15 is 0 Å². The summed E-state index contributed by atoms with van der Waals surface area (Å²) in [6, 6.07) is -0.585. The maximum Gasteiger partial charge on any atom is 1.00 e. The van der Waals surface area contributed by atoms with Gasteiger partial charge in [-0.25, -0.2) is 0 Å². The summed E-state index contributed by atoms with van der Waals surface area (Å²) in [6.07, 6.45) is -0.412. The van der Waals surface area contributed by atoms with Crippen LogP contribution in [-0.2, 0) is 9.59 Å². The first-order chi connectivity index (χ1) is 5.49. The Hall–Kier alpha value is -0.100. The van der Waals surface area contributed by atoms with Crippen molar-refractivity contribution in [2.75, 3.05) is 7.05 Å². The smallest absolute Gasteiger partial charge is 0.481 e. The third kappa shape index (κ3) is 6.04. The molecule has 0 spiro atoms. The first-order valence-electron chi connectivity index (χ1n) is 3.44. The third-order valence-corrected chi connectivity index (χ3v) is 1.57. The number of hydrogen-bond donors (Lipinski definition) is 3. The molecule has 0 aliphatic rings. The summed E-state index contributed by atoms with van der Waals surface area (Å²) >= 11 is 0. The quantitative estimate of drug-likeness (QED) is 0.316. The van der Waals surface area contributed by atoms with Crippen LogP contribution in [0, 0.1) is 12.8 Å². The molecule has 70 valence electrons. The van der Waals surface area contributed by atoms with Crippen LogP contribution in [0.4, 0.5) is 0 Å². The molecule has 0 aromatic heterocycles. The molecule has 2 atom stereocenters. The Labute approximate surface area is 98.8 Å². The molecule has 0 aliphatic carbocycles. The maximum absolute atomic E-state index is 10.5. The average Bonchev–Trinajstić information content (AvgIpc) is 1.98. The van der Waals surface area contributed by atoms with Crippen LogP contribution in [0.15, 0.2) is 0 Å². The van der Waals surface area contributed by atoms with Crippen molar-refractivity contribution in [3.63, 3.8) is 0 Å². The minimum Gasteiger partial charge on any atom is -0.481 e. The SMILES string of the molecule is [CH2-]C(NC)C(CC(=O)O)C(=O)O.[Na+]. The molecule has 0 aliphatic heterocycles. The predicted octanol–water partition coefficient (Wildman–Crippen LogP) is -3.41. The number of carboxylic acids is 2. The molecule has 0 heterocycles. The molecule has 0 rings (SSSR count). The standard InChI is InChI=1S/C7H12NO4.Na/c1-4(8-2)5(7(11)12)3-6(9)10;/h4-5,8H,1,3H2,2H3,(H,9,10)(H,11,12);/q-1;+1. The molecule has 3 N–H and O–H groups in total. The second kappa shape index (κ2) is 7.32. The van der Waals surface area contributed by atoms with Crippen LogP contribution in [-0.4, -0.2) is 35.2 Å². The zero-order valence-corrected chi connectivity index (χ0v) is 9.78. The van der Waals surface area contributed by atoms with E-state index in [0.717, 1.165) is 0 Å². The Kier molecular flexibility index (Phi) is 8.65. The second-order valence-electron chi connectivity index (χ2n) is 2.44. The van der Waals surface area contributed by atoms with E-state index in [1.165, 1.54) is 7.05 Å². The fraction of sp³-hybridized carbons (Fsp3) is 0.571. The summed E-state index contributed by atoms with van der Waals surface area (Å²) in [5.74, 6) is -3.26. The van der Waals surface area contributed by atoms with E-state index < -0.39 is 30.3 Å². The van der Waals surface area contributed by atoms with Crippen LogP contribution in [0.1, 0.15) is 6.42 Å². The van der Waals surface area contributed by atoms with Gasteiger partial charge in [0.15, 0.2) is 0 Å². The van der Waals surface area contributed by atoms with Gasteiger partial charge >= 0.3 is 41.5 Å². The number of rotatable bonds is 5. The number of carboxylic acid groups (broad SMARTS) is 2. The Morgan fingerprint density at radius 2 is 1.92 bits per heavy atom. The van der Waals surface area contributed by atoms with Crippen molar-refractivity contribution < 1.29 is 49.4 Å². The van der Waals surface area contributed by atoms with Crippen molar-refractivity contribution in [1.82, 2.24) is 5.32 Å². The summed E-state index contributed by atoms with van der Waals surface area (Å²) in [5, 5.41) is 19.5. The normalized spacial score (nSPS) is 14.0. The van der Waals surface area contributed by atoms with Gasteiger partial charge in [0.1, 0.15) is 0 Å². The first-order valence-corrected chi connectivity index (χ1v) is 3.44. The van der Waals surface area contributed by atoms with Crippen LogP contribution in [0.25, 0.3) is 0 Å². The Bertz CT molecular complexity index is 185. The van der Waals surface area contributed by atoms with E-state index in [4.69, 9.17) is 10.2 Å². The first kappa shape index (κ1) is 15.4. The Morgan fingerprint density at radius 1 is 1.46 bits per heavy atom. The van der Waals surface area contributed by atoms with Gasteiger partial charge in [0.2, 0.25) is 0 Å². The number of nitrogens with one attached hydrogen (secondary N) is 1. The molecule has 2 unspecified atom stereocenters. The summed E-state index contributed by atoms with van der Waals surface area (Å²) < 4.78 is 0. The Balaban J connectivity index is 0. The Morgan fingerprint density at radius 3 is 2.15 bits per heavy atom. The summed E-state index contributed by atoms with van der Waals surface area (Å²) in [5.41, 5.74) is 0. The molecule has 0 amide bonds. The largest absolute Gasteiger partial charge is 1.00 e. The van der Waals surface area contributed by atoms with E-state index in [0.29, 0.717) is 0 Å². The topological polar surface area (TPSA) is 86.6 Å². The van der Waals surface area contributed by atoms with E-state index in [1.54, 1.807) is 0 Å². The summed E-state index contributed by atoms with van der Waals surface area (Å²) in [6.45, 7) is 3.48. The summed E-state index contributed by atoms with van der Waals surface area (Å²) in [7, 11) is 1.54. The molecular weight excluding hydrogens is 185 g/mol. The van der Waals surface area contributed by atoms with Crippen LogP contribution in [0.3, 0.4) is 0 Å². The van der Waals surface area contributed by atoms with Gasteiger partial charge in [-0.15, -0.1) is 6.04 Å². The van der Waals surface area contributed by atoms with Gasteiger partial charge in [-0.2, -0.15) is 0 Å². The molecular formula is C7H12NNaO4. The van der Waals surface area contributed by atoms with Crippen molar-refractivity contribution in [3.05, 3.63) is 6.92 Å². The van der Waals surface area contributed by atoms with Crippen LogP contribution in [0.5, 0.6) is 0 Å². The van der Waals surface area contributed by atoms with Crippen molar-refractivity contribution in [2.24, 2.45) is 5.92 Å². The number of carbonyl (C=O) groups is 2. The van der Waals surface area contributed by atoms with Gasteiger partial charge in [-0.3, -0.25) is 9.59 Å². The van der Waals surface area contributed by atoms with Crippen molar-refractivity contribution in [3.8, 4) is 0 Å². The number of hydrogen-bond acceptors (Lipinski definition) is 3. The number of aliphatic carboxylic acids is 2. The van der Waals surface area contributed by atoms with E-state index in [-0.39, 0.29) is 29.6 Å². The van der Waals surface area contributed by atoms with Crippen LogP contribution in [0.2, 0.25) is 0 Å². The molecule has 13 heavy (non-hydrogen) atoms. The third-order valence-electron chi connectivity index (χ3n) is 1.57. The molecule has 0 radical (unpaired) electrons. The van der Waals surface area contributed by atoms with Crippen molar-refractivity contribution in [1.29, 1.82) is 0 Å². The van der Waals surface area contributed by atoms with Gasteiger partial charge in [0, 0.05) is 0 Å². The zero-order chi connectivity index (χ0) is 9.72. The maximum atomic E-state index is 10.5. The zero-order valence-electron chi connectivity index (χ0n) is 7.78. The molecule has 0 bridgehead atoms. The van der Waals surface area contributed by atoms with Gasteiger partial charge < -0.3 is 22.5 Å². The van der Waals surface area contributed by atoms with Gasteiger partial charge in [0.05, 0.1) is 12.3 Å². The van der Waals surface area contributed by atoms with E-state index in [1.807, 2.05) is 0 Å². The minimum absolute atomic E-state index is 0. The van der Waals surface area contributed by atoms with Crippen molar-refractivity contribution in [2.45, 2.75) is 12.5 Å². The van der Waals surface area contributed by atoms with Gasteiger partial charge in [0.25, 0.3) is 0 Å². The fourth-order valence-corrected chi connectivity index (χ4v) is 0.791. The van der Waals surface area contributed by atoms with E-state index in [2.05, 4.69) is 12.2 Å².